The minimum Gasteiger partial charge on any atom is -0.490 e. The Bertz CT molecular complexity index is 1210. The Balaban J connectivity index is 2.03. The molecule has 0 atom stereocenters. The smallest absolute Gasteiger partial charge is 0.282 e. The van der Waals surface area contributed by atoms with Gasteiger partial charge in [0, 0.05) is 10.9 Å². The van der Waals surface area contributed by atoms with Gasteiger partial charge in [0.1, 0.15) is 5.82 Å². The summed E-state index contributed by atoms with van der Waals surface area (Å²) in [5.74, 6) is 1.87. The fraction of sp³-hybridized carbons (Fsp3) is 0.375. The molecule has 0 fully saturated rings. The molecule has 3 aromatic rings. The van der Waals surface area contributed by atoms with Crippen molar-refractivity contribution >= 4 is 49.0 Å². The Morgan fingerprint density at radius 2 is 1.88 bits per heavy atom. The number of rotatable bonds is 7. The third-order valence-electron chi connectivity index (χ3n) is 4.50. The third-order valence-corrected chi connectivity index (χ3v) is 5.58. The maximum atomic E-state index is 13.1. The van der Waals surface area contributed by atoms with Gasteiger partial charge in [0.2, 0.25) is 0 Å². The highest BCUT2D eigenvalue weighted by molar-refractivity contribution is 9.10. The highest BCUT2D eigenvalue weighted by atomic mass is 79.9. The highest BCUT2D eigenvalue weighted by Gasteiger charge is 2.17. The molecular formula is C24H27Br2N3O3. The minimum absolute atomic E-state index is 0.0128. The number of aryl methyl sites for hydroxylation is 1. The Labute approximate surface area is 204 Å². The van der Waals surface area contributed by atoms with Crippen LogP contribution >= 0.6 is 31.9 Å². The quantitative estimate of drug-likeness (QED) is 0.321. The minimum atomic E-state index is -0.210. The van der Waals surface area contributed by atoms with Crippen molar-refractivity contribution < 1.29 is 9.47 Å². The van der Waals surface area contributed by atoms with Crippen LogP contribution in [-0.2, 0) is 6.42 Å². The summed E-state index contributed by atoms with van der Waals surface area (Å²) in [6.45, 7) is 11.3. The number of halogens is 2. The number of nitrogens with zero attached hydrogens (tertiary/aromatic N) is 3. The Morgan fingerprint density at radius 1 is 1.12 bits per heavy atom. The number of aromatic nitrogens is 2. The summed E-state index contributed by atoms with van der Waals surface area (Å²) in [4.78, 5) is 17.7. The first kappa shape index (κ1) is 24.5. The standard InChI is InChI=1S/C24H27Br2N3O3/c1-6-21-28-19-9-8-16(25)12-17(19)23(30)29(21)27-13-15-10-18(26)22(20(11-15)31-7-2)32-14-24(3,4)5/h8-13H,6-7,14H2,1-5H3. The molecule has 0 aliphatic heterocycles. The average Bonchev–Trinajstić information content (AvgIpc) is 2.72. The Morgan fingerprint density at radius 3 is 2.53 bits per heavy atom. The van der Waals surface area contributed by atoms with Gasteiger partial charge in [0.25, 0.3) is 5.56 Å². The van der Waals surface area contributed by atoms with Gasteiger partial charge in [0.05, 0.1) is 34.8 Å². The van der Waals surface area contributed by atoms with E-state index in [9.17, 15) is 4.79 Å². The van der Waals surface area contributed by atoms with Crippen molar-refractivity contribution in [1.82, 2.24) is 9.66 Å². The fourth-order valence-corrected chi connectivity index (χ4v) is 3.96. The molecule has 1 heterocycles. The van der Waals surface area contributed by atoms with E-state index < -0.39 is 0 Å². The first-order valence-corrected chi connectivity index (χ1v) is 12.1. The maximum absolute atomic E-state index is 13.1. The average molecular weight is 565 g/mol. The van der Waals surface area contributed by atoms with Gasteiger partial charge in [-0.05, 0) is 64.2 Å². The van der Waals surface area contributed by atoms with Crippen LogP contribution in [0.1, 0.15) is 46.0 Å². The third kappa shape index (κ3) is 5.78. The van der Waals surface area contributed by atoms with Crippen molar-refractivity contribution in [3.05, 3.63) is 61.0 Å². The molecule has 3 rings (SSSR count). The molecule has 8 heteroatoms. The van der Waals surface area contributed by atoms with E-state index in [0.29, 0.717) is 47.9 Å². The molecule has 0 aliphatic rings. The number of benzene rings is 2. The van der Waals surface area contributed by atoms with Crippen LogP contribution in [0.25, 0.3) is 10.9 Å². The van der Waals surface area contributed by atoms with Crippen molar-refractivity contribution in [2.45, 2.75) is 41.0 Å². The monoisotopic (exact) mass is 563 g/mol. The van der Waals surface area contributed by atoms with Crippen LogP contribution in [0.15, 0.2) is 49.2 Å². The van der Waals surface area contributed by atoms with Crippen molar-refractivity contribution in [2.75, 3.05) is 13.2 Å². The number of fused-ring (bicyclic) bond motifs is 1. The molecule has 0 saturated carbocycles. The summed E-state index contributed by atoms with van der Waals surface area (Å²) >= 11 is 7.01. The lowest BCUT2D eigenvalue weighted by Gasteiger charge is -2.21. The molecule has 32 heavy (non-hydrogen) atoms. The molecule has 170 valence electrons. The number of hydrogen-bond acceptors (Lipinski definition) is 5. The molecule has 0 N–H and O–H groups in total. The van der Waals surface area contributed by atoms with Gasteiger partial charge in [-0.15, -0.1) is 0 Å². The van der Waals surface area contributed by atoms with E-state index in [1.807, 2.05) is 38.1 Å². The van der Waals surface area contributed by atoms with Gasteiger partial charge >= 0.3 is 0 Å². The van der Waals surface area contributed by atoms with Crippen LogP contribution in [0.3, 0.4) is 0 Å². The molecule has 0 aliphatic carbocycles. The number of hydrogen-bond donors (Lipinski definition) is 0. The van der Waals surface area contributed by atoms with Crippen LogP contribution in [0.2, 0.25) is 0 Å². The van der Waals surface area contributed by atoms with Crippen LogP contribution in [-0.4, -0.2) is 29.1 Å². The molecule has 2 aromatic carbocycles. The lowest BCUT2D eigenvalue weighted by Crippen LogP contribution is -2.22. The fourth-order valence-electron chi connectivity index (χ4n) is 3.02. The summed E-state index contributed by atoms with van der Waals surface area (Å²) in [6.07, 6.45) is 2.21. The lowest BCUT2D eigenvalue weighted by molar-refractivity contribution is 0.187. The van der Waals surface area contributed by atoms with Gasteiger partial charge in [-0.1, -0.05) is 43.6 Å². The van der Waals surface area contributed by atoms with Crippen molar-refractivity contribution in [3.8, 4) is 11.5 Å². The van der Waals surface area contributed by atoms with Crippen LogP contribution < -0.4 is 15.0 Å². The Hall–Kier alpha value is -2.19. The first-order chi connectivity index (χ1) is 15.1. The zero-order valence-corrected chi connectivity index (χ0v) is 22.1. The summed E-state index contributed by atoms with van der Waals surface area (Å²) in [5, 5.41) is 4.98. The molecule has 0 bridgehead atoms. The first-order valence-electron chi connectivity index (χ1n) is 10.5. The summed E-state index contributed by atoms with van der Waals surface area (Å²) in [6, 6.07) is 9.22. The van der Waals surface area contributed by atoms with Crippen molar-refractivity contribution in [1.29, 1.82) is 0 Å². The van der Waals surface area contributed by atoms with E-state index >= 15 is 0 Å². The van der Waals surface area contributed by atoms with E-state index in [4.69, 9.17) is 9.47 Å². The van der Waals surface area contributed by atoms with Gasteiger partial charge < -0.3 is 9.47 Å². The highest BCUT2D eigenvalue weighted by Crippen LogP contribution is 2.37. The van der Waals surface area contributed by atoms with Gasteiger partial charge in [-0.25, -0.2) is 4.98 Å². The second kappa shape index (κ2) is 10.2. The van der Waals surface area contributed by atoms with Crippen molar-refractivity contribution in [3.63, 3.8) is 0 Å². The molecular weight excluding hydrogens is 538 g/mol. The molecule has 0 unspecified atom stereocenters. The molecule has 0 radical (unpaired) electrons. The van der Waals surface area contributed by atoms with Crippen molar-refractivity contribution in [2.24, 2.45) is 10.5 Å². The SMILES string of the molecule is CCOc1cc(C=Nn2c(CC)nc3ccc(Br)cc3c2=O)cc(Br)c1OCC(C)(C)C. The zero-order chi connectivity index (χ0) is 23.5. The number of ether oxygens (including phenoxy) is 2. The van der Waals surface area contributed by atoms with E-state index in [0.717, 1.165) is 14.5 Å². The van der Waals surface area contributed by atoms with E-state index in [1.54, 1.807) is 12.3 Å². The van der Waals surface area contributed by atoms with Gasteiger partial charge in [-0.3, -0.25) is 4.79 Å². The summed E-state index contributed by atoms with van der Waals surface area (Å²) < 4.78 is 14.8. The second-order valence-corrected chi connectivity index (χ2v) is 10.3. The summed E-state index contributed by atoms with van der Waals surface area (Å²) in [7, 11) is 0. The van der Waals surface area contributed by atoms with E-state index in [1.165, 1.54) is 4.68 Å². The lowest BCUT2D eigenvalue weighted by atomic mass is 9.99. The zero-order valence-electron chi connectivity index (χ0n) is 18.9. The second-order valence-electron chi connectivity index (χ2n) is 8.52. The molecule has 0 amide bonds. The molecule has 0 saturated heterocycles. The van der Waals surface area contributed by atoms with Gasteiger partial charge in [-0.2, -0.15) is 9.78 Å². The van der Waals surface area contributed by atoms with E-state index in [2.05, 4.69) is 62.7 Å². The molecule has 1 aromatic heterocycles. The Kier molecular flexibility index (Phi) is 7.77. The predicted octanol–water partition coefficient (Wildman–Crippen LogP) is 6.19. The largest absolute Gasteiger partial charge is 0.490 e. The molecule has 6 nitrogen and oxygen atoms in total. The van der Waals surface area contributed by atoms with Crippen LogP contribution in [0, 0.1) is 5.41 Å². The van der Waals surface area contributed by atoms with E-state index in [-0.39, 0.29) is 11.0 Å². The topological polar surface area (TPSA) is 65.7 Å². The van der Waals surface area contributed by atoms with Gasteiger partial charge in [0.15, 0.2) is 11.5 Å². The predicted molar refractivity (Wildman–Crippen MR) is 136 cm³/mol. The van der Waals surface area contributed by atoms with Crippen LogP contribution in [0.4, 0.5) is 0 Å². The maximum Gasteiger partial charge on any atom is 0.282 e. The summed E-state index contributed by atoms with van der Waals surface area (Å²) in [5.41, 5.74) is 1.23. The normalized spacial score (nSPS) is 12.0. The van der Waals surface area contributed by atoms with Crippen LogP contribution in [0.5, 0.6) is 11.5 Å². The molecule has 0 spiro atoms.